The van der Waals surface area contributed by atoms with Crippen molar-refractivity contribution in [1.82, 2.24) is 10.2 Å². The third-order valence-corrected chi connectivity index (χ3v) is 4.84. The molecule has 2 aliphatic rings. The average molecular weight is 302 g/mol. The van der Waals surface area contributed by atoms with Crippen molar-refractivity contribution in [3.63, 3.8) is 0 Å². The van der Waals surface area contributed by atoms with Crippen LogP contribution in [0.1, 0.15) is 29.6 Å². The second-order valence-electron chi connectivity index (χ2n) is 6.29. The molecule has 1 aromatic carbocycles. The number of carbonyl (C=O) groups excluding carboxylic acids is 2. The number of nitrogens with one attached hydrogen (secondary N) is 2. The predicted molar refractivity (Wildman–Crippen MR) is 84.7 cm³/mol. The van der Waals surface area contributed by atoms with Crippen LogP contribution in [-0.2, 0) is 0 Å². The fourth-order valence-electron chi connectivity index (χ4n) is 3.43. The van der Waals surface area contributed by atoms with Crippen LogP contribution in [0.2, 0.25) is 0 Å². The van der Waals surface area contributed by atoms with E-state index in [4.69, 9.17) is 5.73 Å². The highest BCUT2D eigenvalue weighted by Crippen LogP contribution is 2.37. The minimum absolute atomic E-state index is 0.0615. The molecule has 1 spiro atoms. The summed E-state index contributed by atoms with van der Waals surface area (Å²) in [5.41, 5.74) is 6.72. The Bertz CT molecular complexity index is 554. The van der Waals surface area contributed by atoms with Gasteiger partial charge in [-0.25, -0.2) is 4.79 Å². The summed E-state index contributed by atoms with van der Waals surface area (Å²) in [6, 6.07) is 6.25. The van der Waals surface area contributed by atoms with E-state index >= 15 is 0 Å². The van der Waals surface area contributed by atoms with Crippen LogP contribution in [0.25, 0.3) is 0 Å². The van der Waals surface area contributed by atoms with Crippen LogP contribution < -0.4 is 16.4 Å². The first-order valence-electron chi connectivity index (χ1n) is 7.75. The molecule has 3 rings (SSSR count). The molecule has 22 heavy (non-hydrogen) atoms. The number of nitrogens with zero attached hydrogens (tertiary/aromatic N) is 1. The summed E-state index contributed by atoms with van der Waals surface area (Å²) in [5.74, 6) is 0.0615. The van der Waals surface area contributed by atoms with Gasteiger partial charge >= 0.3 is 6.03 Å². The first kappa shape index (κ1) is 14.8. The zero-order valence-corrected chi connectivity index (χ0v) is 12.6. The van der Waals surface area contributed by atoms with Crippen molar-refractivity contribution in [3.05, 3.63) is 29.8 Å². The summed E-state index contributed by atoms with van der Waals surface area (Å²) in [5, 5.41) is 5.92. The van der Waals surface area contributed by atoms with E-state index in [-0.39, 0.29) is 5.91 Å². The highest BCUT2D eigenvalue weighted by molar-refractivity contribution is 5.95. The molecule has 2 aliphatic heterocycles. The Balaban J connectivity index is 1.61. The molecule has 3 amide bonds. The number of carbonyl (C=O) groups is 2. The van der Waals surface area contributed by atoms with Gasteiger partial charge in [-0.05, 0) is 55.5 Å². The average Bonchev–Trinajstić information content (AvgIpc) is 2.96. The largest absolute Gasteiger partial charge is 0.351 e. The molecule has 2 saturated heterocycles. The lowest BCUT2D eigenvalue weighted by Crippen LogP contribution is -2.44. The van der Waals surface area contributed by atoms with Gasteiger partial charge in [0.15, 0.2) is 0 Å². The molecule has 6 nitrogen and oxygen atoms in total. The number of urea groups is 1. The van der Waals surface area contributed by atoms with E-state index in [1.54, 1.807) is 24.3 Å². The number of amides is 3. The molecular weight excluding hydrogens is 280 g/mol. The summed E-state index contributed by atoms with van der Waals surface area (Å²) in [6.07, 6.45) is 3.38. The van der Waals surface area contributed by atoms with Crippen LogP contribution in [0.4, 0.5) is 10.5 Å². The minimum atomic E-state index is -0.606. The molecule has 118 valence electrons. The highest BCUT2D eigenvalue weighted by atomic mass is 16.2. The van der Waals surface area contributed by atoms with Crippen molar-refractivity contribution >= 4 is 17.6 Å². The maximum atomic E-state index is 12.5. The zero-order valence-electron chi connectivity index (χ0n) is 12.6. The molecule has 0 aliphatic carbocycles. The van der Waals surface area contributed by atoms with Crippen LogP contribution in [-0.4, -0.2) is 43.0 Å². The highest BCUT2D eigenvalue weighted by Gasteiger charge is 2.38. The quantitative estimate of drug-likeness (QED) is 0.771. The lowest BCUT2D eigenvalue weighted by atomic mass is 9.78. The normalized spacial score (nSPS) is 20.1. The number of hydrogen-bond acceptors (Lipinski definition) is 3. The summed E-state index contributed by atoms with van der Waals surface area (Å²) >= 11 is 0. The molecule has 0 saturated carbocycles. The smallest absolute Gasteiger partial charge is 0.316 e. The Kier molecular flexibility index (Phi) is 4.02. The van der Waals surface area contributed by atoms with Crippen molar-refractivity contribution in [2.75, 3.05) is 31.5 Å². The molecule has 2 heterocycles. The van der Waals surface area contributed by atoms with E-state index in [9.17, 15) is 9.59 Å². The van der Waals surface area contributed by atoms with Crippen molar-refractivity contribution < 1.29 is 9.59 Å². The van der Waals surface area contributed by atoms with Gasteiger partial charge in [-0.2, -0.15) is 0 Å². The van der Waals surface area contributed by atoms with Gasteiger partial charge in [-0.1, -0.05) is 0 Å². The number of hydrogen-bond donors (Lipinski definition) is 3. The SMILES string of the molecule is NC(=O)Nc1ccc(C(=O)N2CCC3(CCNC3)CC2)cc1. The van der Waals surface area contributed by atoms with Crippen LogP contribution >= 0.6 is 0 Å². The molecule has 0 aromatic heterocycles. The number of piperidine rings is 1. The Morgan fingerprint density at radius 1 is 1.14 bits per heavy atom. The second kappa shape index (κ2) is 5.96. The molecular formula is C16H22N4O2. The van der Waals surface area contributed by atoms with Crippen molar-refractivity contribution in [2.24, 2.45) is 11.1 Å². The van der Waals surface area contributed by atoms with E-state index in [2.05, 4.69) is 10.6 Å². The number of rotatable bonds is 2. The van der Waals surface area contributed by atoms with Gasteiger partial charge < -0.3 is 21.3 Å². The first-order valence-corrected chi connectivity index (χ1v) is 7.75. The van der Waals surface area contributed by atoms with E-state index < -0.39 is 6.03 Å². The monoisotopic (exact) mass is 302 g/mol. The molecule has 0 bridgehead atoms. The fourth-order valence-corrected chi connectivity index (χ4v) is 3.43. The number of anilines is 1. The van der Waals surface area contributed by atoms with Crippen molar-refractivity contribution in [3.8, 4) is 0 Å². The minimum Gasteiger partial charge on any atom is -0.351 e. The predicted octanol–water partition coefficient (Wildman–Crippen LogP) is 1.39. The molecule has 0 radical (unpaired) electrons. The topological polar surface area (TPSA) is 87.5 Å². The molecule has 0 unspecified atom stereocenters. The Morgan fingerprint density at radius 2 is 1.82 bits per heavy atom. The lowest BCUT2D eigenvalue weighted by molar-refractivity contribution is 0.0607. The Hall–Kier alpha value is -2.08. The van der Waals surface area contributed by atoms with Gasteiger partial charge in [0.1, 0.15) is 0 Å². The van der Waals surface area contributed by atoms with E-state index in [1.165, 1.54) is 6.42 Å². The van der Waals surface area contributed by atoms with Crippen molar-refractivity contribution in [1.29, 1.82) is 0 Å². The van der Waals surface area contributed by atoms with E-state index in [1.807, 2.05) is 4.90 Å². The zero-order chi connectivity index (χ0) is 15.6. The molecule has 6 heteroatoms. The summed E-state index contributed by atoms with van der Waals surface area (Å²) in [4.78, 5) is 25.3. The van der Waals surface area contributed by atoms with Gasteiger partial charge in [0.25, 0.3) is 5.91 Å². The number of primary amides is 1. The number of nitrogens with two attached hydrogens (primary N) is 1. The standard InChI is InChI=1S/C16H22N4O2/c17-15(22)19-13-3-1-12(2-4-13)14(21)20-9-6-16(7-10-20)5-8-18-11-16/h1-4,18H,5-11H2,(H3,17,19,22). The maximum Gasteiger partial charge on any atom is 0.316 e. The third kappa shape index (κ3) is 3.06. The summed E-state index contributed by atoms with van der Waals surface area (Å²) in [7, 11) is 0. The van der Waals surface area contributed by atoms with E-state index in [0.717, 1.165) is 39.0 Å². The molecule has 2 fully saturated rings. The summed E-state index contributed by atoms with van der Waals surface area (Å²) in [6.45, 7) is 3.83. The molecule has 1 aromatic rings. The summed E-state index contributed by atoms with van der Waals surface area (Å²) < 4.78 is 0. The Labute approximate surface area is 130 Å². The van der Waals surface area contributed by atoms with Gasteiger partial charge in [0.05, 0.1) is 0 Å². The van der Waals surface area contributed by atoms with E-state index in [0.29, 0.717) is 16.7 Å². The number of benzene rings is 1. The fraction of sp³-hybridized carbons (Fsp3) is 0.500. The maximum absolute atomic E-state index is 12.5. The molecule has 0 atom stereocenters. The number of likely N-dealkylation sites (tertiary alicyclic amines) is 1. The van der Waals surface area contributed by atoms with Crippen LogP contribution in [0.3, 0.4) is 0 Å². The Morgan fingerprint density at radius 3 is 2.36 bits per heavy atom. The second-order valence-corrected chi connectivity index (χ2v) is 6.29. The van der Waals surface area contributed by atoms with Crippen molar-refractivity contribution in [2.45, 2.75) is 19.3 Å². The van der Waals surface area contributed by atoms with Gasteiger partial charge in [0, 0.05) is 30.9 Å². The third-order valence-electron chi connectivity index (χ3n) is 4.84. The molecule has 4 N–H and O–H groups in total. The van der Waals surface area contributed by atoms with Crippen LogP contribution in [0.15, 0.2) is 24.3 Å². The van der Waals surface area contributed by atoms with Crippen LogP contribution in [0, 0.1) is 5.41 Å². The van der Waals surface area contributed by atoms with Crippen LogP contribution in [0.5, 0.6) is 0 Å². The van der Waals surface area contributed by atoms with Gasteiger partial charge in [-0.3, -0.25) is 4.79 Å². The lowest BCUT2D eigenvalue weighted by Gasteiger charge is -2.38. The van der Waals surface area contributed by atoms with Gasteiger partial charge in [0.2, 0.25) is 0 Å². The van der Waals surface area contributed by atoms with Gasteiger partial charge in [-0.15, -0.1) is 0 Å². The first-order chi connectivity index (χ1) is 10.6.